The summed E-state index contributed by atoms with van der Waals surface area (Å²) in [5.74, 6) is -2.05. The van der Waals surface area contributed by atoms with E-state index in [-0.39, 0.29) is 32.1 Å². The minimum absolute atomic E-state index is 0.0936. The van der Waals surface area contributed by atoms with Gasteiger partial charge in [-0.15, -0.1) is 0 Å². The van der Waals surface area contributed by atoms with Crippen molar-refractivity contribution in [1.29, 1.82) is 0 Å². The number of halogens is 3. The molecule has 28 heavy (non-hydrogen) atoms. The van der Waals surface area contributed by atoms with Crippen LogP contribution in [0.15, 0.2) is 41.3 Å². The van der Waals surface area contributed by atoms with Gasteiger partial charge in [-0.3, -0.25) is 20.4 Å². The molecule has 0 spiro atoms. The van der Waals surface area contributed by atoms with Crippen LogP contribution in [-0.4, -0.2) is 26.3 Å². The molecule has 0 saturated heterocycles. The zero-order valence-corrected chi connectivity index (χ0v) is 16.5. The van der Waals surface area contributed by atoms with Crippen molar-refractivity contribution in [3.8, 4) is 0 Å². The molecule has 1 fully saturated rings. The molecule has 0 radical (unpaired) electrons. The molecular weight excluding hydrogens is 432 g/mol. The molecule has 3 N–H and O–H groups in total. The number of amides is 2. The van der Waals surface area contributed by atoms with Crippen LogP contribution in [0, 0.1) is 5.82 Å². The van der Waals surface area contributed by atoms with Gasteiger partial charge in [0.15, 0.2) is 0 Å². The van der Waals surface area contributed by atoms with Crippen LogP contribution in [-0.2, 0) is 10.0 Å². The lowest BCUT2D eigenvalue weighted by atomic mass is 10.2. The topological polar surface area (TPSA) is 104 Å². The maximum Gasteiger partial charge on any atom is 0.271 e. The molecule has 1 aliphatic rings. The first-order valence-electron chi connectivity index (χ1n) is 8.05. The van der Waals surface area contributed by atoms with E-state index in [0.29, 0.717) is 0 Å². The van der Waals surface area contributed by atoms with Gasteiger partial charge in [0.2, 0.25) is 10.0 Å². The second kappa shape index (κ2) is 8.04. The van der Waals surface area contributed by atoms with Gasteiger partial charge < -0.3 is 0 Å². The van der Waals surface area contributed by atoms with Crippen molar-refractivity contribution in [2.75, 3.05) is 0 Å². The summed E-state index contributed by atoms with van der Waals surface area (Å²) in [6.45, 7) is 0. The third kappa shape index (κ3) is 4.79. The lowest BCUT2D eigenvalue weighted by Crippen LogP contribution is -2.41. The molecule has 0 bridgehead atoms. The van der Waals surface area contributed by atoms with E-state index >= 15 is 0 Å². The zero-order valence-electron chi connectivity index (χ0n) is 14.1. The second-order valence-electron chi connectivity index (χ2n) is 6.07. The first kappa shape index (κ1) is 20.5. The molecule has 2 amide bonds. The molecule has 0 heterocycles. The molecule has 0 unspecified atom stereocenters. The fourth-order valence-corrected chi connectivity index (χ4v) is 4.41. The number of hydrogen-bond acceptors (Lipinski definition) is 4. The molecule has 3 rings (SSSR count). The first-order valence-corrected chi connectivity index (χ1v) is 10.3. The molecule has 0 aromatic heterocycles. The van der Waals surface area contributed by atoms with E-state index in [2.05, 4.69) is 15.6 Å². The van der Waals surface area contributed by atoms with Crippen molar-refractivity contribution in [3.63, 3.8) is 0 Å². The predicted molar refractivity (Wildman–Crippen MR) is 101 cm³/mol. The maximum absolute atomic E-state index is 12.9. The third-order valence-corrected chi connectivity index (χ3v) is 6.15. The normalized spacial score (nSPS) is 13.8. The van der Waals surface area contributed by atoms with Crippen LogP contribution < -0.4 is 15.6 Å². The Hall–Kier alpha value is -2.20. The van der Waals surface area contributed by atoms with Crippen LogP contribution in [0.25, 0.3) is 0 Å². The molecule has 0 atom stereocenters. The van der Waals surface area contributed by atoms with Crippen molar-refractivity contribution in [2.24, 2.45) is 0 Å². The number of carbonyl (C=O) groups is 2. The summed E-state index contributed by atoms with van der Waals surface area (Å²) in [5.41, 5.74) is 4.19. The van der Waals surface area contributed by atoms with Gasteiger partial charge in [-0.25, -0.2) is 17.5 Å². The van der Waals surface area contributed by atoms with Gasteiger partial charge in [-0.1, -0.05) is 23.2 Å². The summed E-state index contributed by atoms with van der Waals surface area (Å²) in [4.78, 5) is 24.0. The maximum atomic E-state index is 12.9. The molecule has 1 saturated carbocycles. The molecule has 2 aromatic rings. The van der Waals surface area contributed by atoms with Gasteiger partial charge in [-0.2, -0.15) is 0 Å². The average molecular weight is 446 g/mol. The average Bonchev–Trinajstić information content (AvgIpc) is 3.43. The van der Waals surface area contributed by atoms with Crippen molar-refractivity contribution in [1.82, 2.24) is 15.6 Å². The van der Waals surface area contributed by atoms with Crippen LogP contribution in [0.2, 0.25) is 10.0 Å². The van der Waals surface area contributed by atoms with Crippen LogP contribution >= 0.6 is 23.2 Å². The lowest BCUT2D eigenvalue weighted by Gasteiger charge is -2.12. The summed E-state index contributed by atoms with van der Waals surface area (Å²) >= 11 is 12.0. The molecule has 1 aliphatic carbocycles. The van der Waals surface area contributed by atoms with Crippen LogP contribution in [0.5, 0.6) is 0 Å². The number of sulfonamides is 1. The largest absolute Gasteiger partial charge is 0.271 e. The standard InChI is InChI=1S/C17H14Cl2FN3O4S/c18-13-8-14(19)15(28(26,27)23-11-5-6-11)7-12(13)17(25)22-21-16(24)9-1-3-10(20)4-2-9/h1-4,7-8,11,23H,5-6H2,(H,21,24)(H,22,25). The Bertz CT molecular complexity index is 1040. The Kier molecular flexibility index (Phi) is 5.90. The smallest absolute Gasteiger partial charge is 0.267 e. The first-order chi connectivity index (χ1) is 13.2. The number of hydrogen-bond donors (Lipinski definition) is 3. The SMILES string of the molecule is O=C(NNC(=O)c1cc(S(=O)(=O)NC2CC2)c(Cl)cc1Cl)c1ccc(F)cc1. The molecule has 0 aliphatic heterocycles. The van der Waals surface area contributed by atoms with Gasteiger partial charge in [0.05, 0.1) is 15.6 Å². The van der Waals surface area contributed by atoms with E-state index in [1.807, 2.05) is 0 Å². The van der Waals surface area contributed by atoms with Crippen molar-refractivity contribution < 1.29 is 22.4 Å². The fourth-order valence-electron chi connectivity index (χ4n) is 2.25. The number of hydrazine groups is 1. The van der Waals surface area contributed by atoms with Gasteiger partial charge >= 0.3 is 0 Å². The Balaban J connectivity index is 1.76. The fraction of sp³-hybridized carbons (Fsp3) is 0.176. The van der Waals surface area contributed by atoms with Crippen molar-refractivity contribution in [3.05, 3.63) is 63.4 Å². The summed E-state index contributed by atoms with van der Waals surface area (Å²) < 4.78 is 40.2. The summed E-state index contributed by atoms with van der Waals surface area (Å²) in [6, 6.07) is 6.69. The van der Waals surface area contributed by atoms with Crippen molar-refractivity contribution >= 4 is 45.0 Å². The molecule has 7 nitrogen and oxygen atoms in total. The Morgan fingerprint density at radius 1 is 0.964 bits per heavy atom. The van der Waals surface area contributed by atoms with E-state index in [1.54, 1.807) is 0 Å². The van der Waals surface area contributed by atoms with Crippen LogP contribution in [0.4, 0.5) is 4.39 Å². The summed E-state index contributed by atoms with van der Waals surface area (Å²) in [6.07, 6.45) is 1.46. The lowest BCUT2D eigenvalue weighted by molar-refractivity contribution is 0.0846. The summed E-state index contributed by atoms with van der Waals surface area (Å²) in [5, 5.41) is -0.228. The van der Waals surface area contributed by atoms with E-state index < -0.39 is 27.7 Å². The quantitative estimate of drug-likeness (QED) is 0.615. The highest BCUT2D eigenvalue weighted by Gasteiger charge is 2.30. The molecule has 11 heteroatoms. The number of carbonyl (C=O) groups excluding carboxylic acids is 2. The monoisotopic (exact) mass is 445 g/mol. The number of rotatable bonds is 5. The number of benzene rings is 2. The van der Waals surface area contributed by atoms with Crippen molar-refractivity contribution in [2.45, 2.75) is 23.8 Å². The summed E-state index contributed by atoms with van der Waals surface area (Å²) in [7, 11) is -3.92. The van der Waals surface area contributed by atoms with E-state index in [1.165, 1.54) is 12.1 Å². The third-order valence-electron chi connectivity index (χ3n) is 3.85. The van der Waals surface area contributed by atoms with E-state index in [0.717, 1.165) is 37.1 Å². The minimum atomic E-state index is -3.92. The Morgan fingerprint density at radius 3 is 2.18 bits per heavy atom. The van der Waals surface area contributed by atoms with Gasteiger partial charge in [0.1, 0.15) is 10.7 Å². The van der Waals surface area contributed by atoms with Crippen LogP contribution in [0.1, 0.15) is 33.6 Å². The Morgan fingerprint density at radius 2 is 1.57 bits per heavy atom. The molecule has 2 aromatic carbocycles. The highest BCUT2D eigenvalue weighted by Crippen LogP contribution is 2.30. The van der Waals surface area contributed by atoms with Gasteiger partial charge in [-0.05, 0) is 49.2 Å². The van der Waals surface area contributed by atoms with Gasteiger partial charge in [0.25, 0.3) is 11.8 Å². The highest BCUT2D eigenvalue weighted by atomic mass is 35.5. The van der Waals surface area contributed by atoms with E-state index in [9.17, 15) is 22.4 Å². The van der Waals surface area contributed by atoms with Crippen LogP contribution in [0.3, 0.4) is 0 Å². The highest BCUT2D eigenvalue weighted by molar-refractivity contribution is 7.89. The number of nitrogens with one attached hydrogen (secondary N) is 3. The zero-order chi connectivity index (χ0) is 20.5. The van der Waals surface area contributed by atoms with Gasteiger partial charge in [0, 0.05) is 11.6 Å². The predicted octanol–water partition coefficient (Wildman–Crippen LogP) is 2.65. The molecular formula is C17H14Cl2FN3O4S. The minimum Gasteiger partial charge on any atom is -0.267 e. The molecule has 148 valence electrons. The van der Waals surface area contributed by atoms with E-state index in [4.69, 9.17) is 23.2 Å². The Labute approximate surface area is 170 Å². The second-order valence-corrected chi connectivity index (χ2v) is 8.57.